The van der Waals surface area contributed by atoms with Crippen LogP contribution in [0.2, 0.25) is 5.02 Å². The largest absolute Gasteiger partial charge is 0.356 e. The number of hydroxylamine groups is 1. The molecule has 0 fully saturated rings. The van der Waals surface area contributed by atoms with E-state index in [1.165, 1.54) is 0 Å². The normalized spacial score (nSPS) is 15.6. The van der Waals surface area contributed by atoms with E-state index in [0.717, 1.165) is 46.8 Å². The van der Waals surface area contributed by atoms with Gasteiger partial charge in [0.2, 0.25) is 5.91 Å². The van der Waals surface area contributed by atoms with Crippen LogP contribution in [0.4, 0.5) is 0 Å². The number of benzene rings is 2. The van der Waals surface area contributed by atoms with Crippen molar-refractivity contribution in [2.45, 2.75) is 52.2 Å². The van der Waals surface area contributed by atoms with E-state index in [1.807, 2.05) is 42.7 Å². The highest BCUT2D eigenvalue weighted by Crippen LogP contribution is 2.35. The van der Waals surface area contributed by atoms with Gasteiger partial charge in [-0.25, -0.2) is 5.48 Å². The van der Waals surface area contributed by atoms with Crippen molar-refractivity contribution in [3.8, 4) is 5.69 Å². The highest BCUT2D eigenvalue weighted by molar-refractivity contribution is 6.30. The van der Waals surface area contributed by atoms with Crippen molar-refractivity contribution in [1.82, 2.24) is 25.6 Å². The monoisotopic (exact) mass is 494 g/mol. The fourth-order valence-corrected chi connectivity index (χ4v) is 4.56. The molecule has 4 rings (SSSR count). The first-order valence-electron chi connectivity index (χ1n) is 12.0. The zero-order chi connectivity index (χ0) is 24.9. The molecule has 9 heteroatoms. The first-order valence-corrected chi connectivity index (χ1v) is 12.3. The Morgan fingerprint density at radius 3 is 2.63 bits per heavy atom. The van der Waals surface area contributed by atoms with Crippen molar-refractivity contribution < 1.29 is 9.63 Å². The summed E-state index contributed by atoms with van der Waals surface area (Å²) < 4.78 is 2.00. The average molecular weight is 495 g/mol. The van der Waals surface area contributed by atoms with Crippen LogP contribution in [0.1, 0.15) is 73.6 Å². The number of amides is 1. The Labute approximate surface area is 210 Å². The second kappa shape index (κ2) is 11.1. The van der Waals surface area contributed by atoms with Gasteiger partial charge < -0.3 is 5.32 Å². The van der Waals surface area contributed by atoms with Gasteiger partial charge in [-0.2, -0.15) is 0 Å². The van der Waals surface area contributed by atoms with E-state index in [9.17, 15) is 4.79 Å². The van der Waals surface area contributed by atoms with E-state index < -0.39 is 6.04 Å². The first kappa shape index (κ1) is 25.0. The number of aliphatic imine (C=N–C) groups is 1. The van der Waals surface area contributed by atoms with Gasteiger partial charge >= 0.3 is 0 Å². The van der Waals surface area contributed by atoms with Crippen molar-refractivity contribution in [3.63, 3.8) is 0 Å². The maximum absolute atomic E-state index is 12.6. The molecule has 2 heterocycles. The van der Waals surface area contributed by atoms with Crippen LogP contribution in [0, 0.1) is 6.92 Å². The minimum absolute atomic E-state index is 0.0824. The van der Waals surface area contributed by atoms with Gasteiger partial charge in [0.1, 0.15) is 18.0 Å². The zero-order valence-electron chi connectivity index (χ0n) is 20.5. The number of carbonyl (C=O) groups excluding carboxylic acids is 1. The molecule has 2 aromatic carbocycles. The topological polar surface area (TPSA) is 93.4 Å². The molecule has 0 bridgehead atoms. The zero-order valence-corrected chi connectivity index (χ0v) is 21.3. The summed E-state index contributed by atoms with van der Waals surface area (Å²) in [4.78, 5) is 23.6. The van der Waals surface area contributed by atoms with E-state index in [0.29, 0.717) is 17.4 Å². The minimum Gasteiger partial charge on any atom is -0.356 e. The maximum atomic E-state index is 12.6. The summed E-state index contributed by atoms with van der Waals surface area (Å²) in [6.07, 6.45) is 1.90. The van der Waals surface area contributed by atoms with E-state index in [1.54, 1.807) is 7.05 Å². The van der Waals surface area contributed by atoms with E-state index in [4.69, 9.17) is 21.4 Å². The van der Waals surface area contributed by atoms with Gasteiger partial charge in [0, 0.05) is 29.7 Å². The minimum atomic E-state index is -0.496. The van der Waals surface area contributed by atoms with Gasteiger partial charge in [0.05, 0.1) is 17.8 Å². The van der Waals surface area contributed by atoms with Crippen LogP contribution in [-0.4, -0.2) is 40.0 Å². The molecular formula is C26H31ClN6O2. The molecule has 1 aliphatic rings. The third-order valence-electron chi connectivity index (χ3n) is 6.00. The number of aryl methyl sites for hydroxylation is 1. The summed E-state index contributed by atoms with van der Waals surface area (Å²) >= 11 is 6.19. The van der Waals surface area contributed by atoms with Gasteiger partial charge in [-0.1, -0.05) is 43.1 Å². The van der Waals surface area contributed by atoms with Gasteiger partial charge in [0.15, 0.2) is 5.82 Å². The van der Waals surface area contributed by atoms with E-state index >= 15 is 0 Å². The van der Waals surface area contributed by atoms with Crippen LogP contribution >= 0.6 is 11.6 Å². The molecule has 1 aromatic heterocycles. The lowest BCUT2D eigenvalue weighted by molar-refractivity contribution is -0.121. The number of nitrogens with zero attached hydrogens (tertiary/aromatic N) is 4. The lowest BCUT2D eigenvalue weighted by atomic mass is 9.95. The fraction of sp³-hybridized carbons (Fsp3) is 0.385. The molecule has 1 amide bonds. The molecule has 0 spiro atoms. The standard InChI is InChI=1S/C26H31ClN6O2/c1-5-7-23(35-28-4)18-10-13-22-20(14-18)25(17-8-11-19(27)12-9-17)30-21(15-24(34)29-6-2)26-32-31-16(3)33(22)26/h8-14,21,23,28H,5-7,15H2,1-4H3,(H,29,34). The molecule has 0 radical (unpaired) electrons. The van der Waals surface area contributed by atoms with Gasteiger partial charge in [-0.3, -0.25) is 19.2 Å². The van der Waals surface area contributed by atoms with Crippen LogP contribution in [0.5, 0.6) is 0 Å². The molecule has 1 aliphatic heterocycles. The van der Waals surface area contributed by atoms with Crippen LogP contribution in [0.3, 0.4) is 0 Å². The highest BCUT2D eigenvalue weighted by Gasteiger charge is 2.30. The molecule has 35 heavy (non-hydrogen) atoms. The van der Waals surface area contributed by atoms with E-state index in [2.05, 4.69) is 46.1 Å². The number of carbonyl (C=O) groups is 1. The molecule has 3 aromatic rings. The molecule has 0 saturated carbocycles. The number of hydrogen-bond donors (Lipinski definition) is 2. The Bertz CT molecular complexity index is 1220. The predicted molar refractivity (Wildman–Crippen MR) is 137 cm³/mol. The third kappa shape index (κ3) is 5.29. The number of hydrogen-bond acceptors (Lipinski definition) is 6. The Balaban J connectivity index is 1.94. The second-order valence-electron chi connectivity index (χ2n) is 8.47. The summed E-state index contributed by atoms with van der Waals surface area (Å²) in [5, 5.41) is 12.3. The molecule has 2 unspecified atom stereocenters. The maximum Gasteiger partial charge on any atom is 0.222 e. The molecule has 0 saturated heterocycles. The second-order valence-corrected chi connectivity index (χ2v) is 8.91. The van der Waals surface area contributed by atoms with Crippen LogP contribution < -0.4 is 10.8 Å². The lowest BCUT2D eigenvalue weighted by Crippen LogP contribution is -2.25. The van der Waals surface area contributed by atoms with Crippen LogP contribution in [0.15, 0.2) is 47.5 Å². The molecule has 0 aliphatic carbocycles. The number of fused-ring (bicyclic) bond motifs is 3. The smallest absolute Gasteiger partial charge is 0.222 e. The highest BCUT2D eigenvalue weighted by atomic mass is 35.5. The summed E-state index contributed by atoms with van der Waals surface area (Å²) in [5.74, 6) is 1.29. The Hall–Kier alpha value is -3.07. The number of halogens is 1. The number of rotatable bonds is 9. The Kier molecular flexibility index (Phi) is 7.95. The van der Waals surface area contributed by atoms with Gasteiger partial charge in [0.25, 0.3) is 0 Å². The molecule has 2 atom stereocenters. The Morgan fingerprint density at radius 2 is 1.94 bits per heavy atom. The summed E-state index contributed by atoms with van der Waals surface area (Å²) in [7, 11) is 1.77. The SMILES string of the molecule is CCCC(ONC)c1ccc2c(c1)C(c1ccc(Cl)cc1)=NC(CC(=O)NCC)c1nnc(C)n1-2. The molecule has 8 nitrogen and oxygen atoms in total. The Morgan fingerprint density at radius 1 is 1.17 bits per heavy atom. The summed E-state index contributed by atoms with van der Waals surface area (Å²) in [6.45, 7) is 6.50. The first-order chi connectivity index (χ1) is 17.0. The third-order valence-corrected chi connectivity index (χ3v) is 6.25. The van der Waals surface area contributed by atoms with Gasteiger partial charge in [-0.15, -0.1) is 10.2 Å². The van der Waals surface area contributed by atoms with Crippen molar-refractivity contribution in [3.05, 3.63) is 75.8 Å². The molecular weight excluding hydrogens is 464 g/mol. The van der Waals surface area contributed by atoms with Crippen LogP contribution in [0.25, 0.3) is 5.69 Å². The van der Waals surface area contributed by atoms with E-state index in [-0.39, 0.29) is 18.4 Å². The van der Waals surface area contributed by atoms with Crippen molar-refractivity contribution in [2.24, 2.45) is 4.99 Å². The number of aromatic nitrogens is 3. The van der Waals surface area contributed by atoms with Gasteiger partial charge in [-0.05, 0) is 50.1 Å². The fourth-order valence-electron chi connectivity index (χ4n) is 4.43. The molecule has 184 valence electrons. The predicted octanol–water partition coefficient (Wildman–Crippen LogP) is 4.64. The molecule has 2 N–H and O–H groups in total. The summed E-state index contributed by atoms with van der Waals surface area (Å²) in [6, 6.07) is 13.4. The van der Waals surface area contributed by atoms with Crippen LogP contribution in [-0.2, 0) is 9.63 Å². The number of nitrogens with one attached hydrogen (secondary N) is 2. The van der Waals surface area contributed by atoms with Crippen molar-refractivity contribution in [2.75, 3.05) is 13.6 Å². The van der Waals surface area contributed by atoms with Crippen molar-refractivity contribution in [1.29, 1.82) is 0 Å². The summed E-state index contributed by atoms with van der Waals surface area (Å²) in [5.41, 5.74) is 7.40. The van der Waals surface area contributed by atoms with Crippen molar-refractivity contribution >= 4 is 23.2 Å². The quantitative estimate of drug-likeness (QED) is 0.423. The lowest BCUT2D eigenvalue weighted by Gasteiger charge is -2.20. The average Bonchev–Trinajstić information content (AvgIpc) is 3.17.